The van der Waals surface area contributed by atoms with Gasteiger partial charge in [0.2, 0.25) is 0 Å². The first kappa shape index (κ1) is 12.4. The third-order valence-electron chi connectivity index (χ3n) is 3.33. The molecule has 0 spiro atoms. The number of rotatable bonds is 3. The quantitative estimate of drug-likeness (QED) is 0.765. The van der Waals surface area contributed by atoms with Crippen molar-refractivity contribution >= 4 is 16.6 Å². The van der Waals surface area contributed by atoms with Gasteiger partial charge >= 0.3 is 0 Å². The van der Waals surface area contributed by atoms with Crippen molar-refractivity contribution in [3.8, 4) is 0 Å². The second kappa shape index (κ2) is 5.17. The Morgan fingerprint density at radius 3 is 2.70 bits per heavy atom. The summed E-state index contributed by atoms with van der Waals surface area (Å²) in [4.78, 5) is 18.9. The number of nitrogens with one attached hydrogen (secondary N) is 2. The Hall–Kier alpha value is -2.62. The number of hydrogen-bond acceptors (Lipinski definition) is 3. The molecule has 4 heteroatoms. The fourth-order valence-corrected chi connectivity index (χ4v) is 2.26. The number of hydrogen-bond donors (Lipinski definition) is 2. The molecule has 2 aromatic heterocycles. The van der Waals surface area contributed by atoms with Crippen LogP contribution in [0.4, 0.5) is 5.82 Å². The number of pyridine rings is 2. The van der Waals surface area contributed by atoms with Crippen LogP contribution in [0, 0.1) is 0 Å². The van der Waals surface area contributed by atoms with E-state index >= 15 is 0 Å². The van der Waals surface area contributed by atoms with E-state index in [1.54, 1.807) is 12.4 Å². The maximum Gasteiger partial charge on any atom is 0.257 e. The molecule has 1 unspecified atom stereocenters. The van der Waals surface area contributed by atoms with Crippen molar-refractivity contribution in [2.45, 2.75) is 13.0 Å². The van der Waals surface area contributed by atoms with Crippen LogP contribution in [0.25, 0.3) is 10.8 Å². The smallest absolute Gasteiger partial charge is 0.257 e. The van der Waals surface area contributed by atoms with E-state index in [1.165, 1.54) is 0 Å². The maximum atomic E-state index is 12.0. The van der Waals surface area contributed by atoms with Gasteiger partial charge in [-0.1, -0.05) is 18.2 Å². The Kier molecular flexibility index (Phi) is 3.21. The lowest BCUT2D eigenvalue weighted by atomic mass is 10.1. The Morgan fingerprint density at radius 2 is 1.90 bits per heavy atom. The molecule has 0 radical (unpaired) electrons. The summed E-state index contributed by atoms with van der Waals surface area (Å²) in [5, 5.41) is 4.94. The first-order valence-electron chi connectivity index (χ1n) is 6.52. The van der Waals surface area contributed by atoms with E-state index in [1.807, 2.05) is 49.4 Å². The minimum Gasteiger partial charge on any atom is -0.365 e. The minimum atomic E-state index is -0.0764. The summed E-state index contributed by atoms with van der Waals surface area (Å²) in [6.07, 6.45) is 3.52. The van der Waals surface area contributed by atoms with E-state index in [4.69, 9.17) is 0 Å². The van der Waals surface area contributed by atoms with Gasteiger partial charge in [0.15, 0.2) is 0 Å². The lowest BCUT2D eigenvalue weighted by Crippen LogP contribution is -2.13. The highest BCUT2D eigenvalue weighted by Gasteiger charge is 2.07. The van der Waals surface area contributed by atoms with Crippen LogP contribution in [-0.4, -0.2) is 9.97 Å². The highest BCUT2D eigenvalue weighted by molar-refractivity contribution is 5.83. The SMILES string of the molecule is CC(Nc1cc2ccccc2c(=O)[nH]1)c1ccncc1. The van der Waals surface area contributed by atoms with Crippen molar-refractivity contribution in [2.24, 2.45) is 0 Å². The van der Waals surface area contributed by atoms with Gasteiger partial charge in [0, 0.05) is 23.8 Å². The van der Waals surface area contributed by atoms with Crippen LogP contribution in [0.1, 0.15) is 18.5 Å². The summed E-state index contributed by atoms with van der Waals surface area (Å²) in [6.45, 7) is 2.04. The Balaban J connectivity index is 1.93. The van der Waals surface area contributed by atoms with E-state index in [2.05, 4.69) is 15.3 Å². The van der Waals surface area contributed by atoms with Crippen molar-refractivity contribution in [1.29, 1.82) is 0 Å². The number of fused-ring (bicyclic) bond motifs is 1. The summed E-state index contributed by atoms with van der Waals surface area (Å²) in [5.41, 5.74) is 1.04. The van der Waals surface area contributed by atoms with Gasteiger partial charge in [0.05, 0.1) is 0 Å². The van der Waals surface area contributed by atoms with E-state index in [0.29, 0.717) is 5.39 Å². The molecule has 0 aliphatic carbocycles. The molecule has 20 heavy (non-hydrogen) atoms. The molecule has 0 bridgehead atoms. The van der Waals surface area contributed by atoms with Gasteiger partial charge in [-0.15, -0.1) is 0 Å². The number of aromatic nitrogens is 2. The number of H-pyrrole nitrogens is 1. The molecule has 100 valence electrons. The van der Waals surface area contributed by atoms with Gasteiger partial charge in [-0.25, -0.2) is 0 Å². The summed E-state index contributed by atoms with van der Waals surface area (Å²) < 4.78 is 0. The molecule has 0 aliphatic rings. The zero-order chi connectivity index (χ0) is 13.9. The van der Waals surface area contributed by atoms with Gasteiger partial charge in [0.1, 0.15) is 5.82 Å². The Morgan fingerprint density at radius 1 is 1.15 bits per heavy atom. The predicted molar refractivity (Wildman–Crippen MR) is 80.8 cm³/mol. The molecule has 0 saturated carbocycles. The summed E-state index contributed by atoms with van der Waals surface area (Å²) >= 11 is 0. The fourth-order valence-electron chi connectivity index (χ4n) is 2.26. The molecular weight excluding hydrogens is 250 g/mol. The zero-order valence-corrected chi connectivity index (χ0v) is 11.1. The first-order valence-corrected chi connectivity index (χ1v) is 6.52. The maximum absolute atomic E-state index is 12.0. The molecule has 0 aliphatic heterocycles. The number of aromatic amines is 1. The highest BCUT2D eigenvalue weighted by atomic mass is 16.1. The standard InChI is InChI=1S/C16H15N3O/c1-11(12-6-8-17-9-7-12)18-15-10-13-4-2-3-5-14(13)16(20)19-15/h2-11H,1H3,(H2,18,19,20). The van der Waals surface area contributed by atoms with Gasteiger partial charge in [-0.2, -0.15) is 0 Å². The lowest BCUT2D eigenvalue weighted by molar-refractivity contribution is 0.870. The molecule has 3 rings (SSSR count). The first-order chi connectivity index (χ1) is 9.74. The van der Waals surface area contributed by atoms with E-state index in [9.17, 15) is 4.79 Å². The van der Waals surface area contributed by atoms with Crippen molar-refractivity contribution in [3.63, 3.8) is 0 Å². The molecule has 4 nitrogen and oxygen atoms in total. The molecule has 2 heterocycles. The third kappa shape index (κ3) is 2.40. The Bertz CT molecular complexity index is 780. The van der Waals surface area contributed by atoms with Gasteiger partial charge < -0.3 is 10.3 Å². The fraction of sp³-hybridized carbons (Fsp3) is 0.125. The summed E-state index contributed by atoms with van der Waals surface area (Å²) in [6, 6.07) is 13.5. The normalized spacial score (nSPS) is 12.2. The second-order valence-corrected chi connectivity index (χ2v) is 4.75. The van der Waals surface area contributed by atoms with Crippen LogP contribution >= 0.6 is 0 Å². The van der Waals surface area contributed by atoms with E-state index in [-0.39, 0.29) is 11.6 Å². The number of nitrogens with zero attached hydrogens (tertiary/aromatic N) is 1. The third-order valence-corrected chi connectivity index (χ3v) is 3.33. The van der Waals surface area contributed by atoms with Crippen molar-refractivity contribution in [3.05, 3.63) is 70.8 Å². The molecule has 0 saturated heterocycles. The molecule has 1 aromatic carbocycles. The van der Waals surface area contributed by atoms with Gasteiger partial charge in [-0.05, 0) is 42.1 Å². The zero-order valence-electron chi connectivity index (χ0n) is 11.1. The Labute approximate surface area is 116 Å². The van der Waals surface area contributed by atoms with Gasteiger partial charge in [-0.3, -0.25) is 9.78 Å². The topological polar surface area (TPSA) is 57.8 Å². The molecule has 0 amide bonds. The van der Waals surface area contributed by atoms with Gasteiger partial charge in [0.25, 0.3) is 5.56 Å². The van der Waals surface area contributed by atoms with Crippen molar-refractivity contribution < 1.29 is 0 Å². The van der Waals surface area contributed by atoms with Crippen LogP contribution in [0.2, 0.25) is 0 Å². The minimum absolute atomic E-state index is 0.0764. The summed E-state index contributed by atoms with van der Waals surface area (Å²) in [7, 11) is 0. The molecule has 3 aromatic rings. The van der Waals surface area contributed by atoms with Crippen LogP contribution < -0.4 is 10.9 Å². The monoisotopic (exact) mass is 265 g/mol. The van der Waals surface area contributed by atoms with E-state index < -0.39 is 0 Å². The average molecular weight is 265 g/mol. The molecule has 0 fully saturated rings. The van der Waals surface area contributed by atoms with Crippen molar-refractivity contribution in [2.75, 3.05) is 5.32 Å². The van der Waals surface area contributed by atoms with Crippen molar-refractivity contribution in [1.82, 2.24) is 9.97 Å². The lowest BCUT2D eigenvalue weighted by Gasteiger charge is -2.15. The molecule has 2 N–H and O–H groups in total. The van der Waals surface area contributed by atoms with E-state index in [0.717, 1.165) is 16.8 Å². The number of benzene rings is 1. The van der Waals surface area contributed by atoms with Crippen LogP contribution in [0.5, 0.6) is 0 Å². The largest absolute Gasteiger partial charge is 0.365 e. The highest BCUT2D eigenvalue weighted by Crippen LogP contribution is 2.18. The number of anilines is 1. The summed E-state index contributed by atoms with van der Waals surface area (Å²) in [5.74, 6) is 0.720. The van der Waals surface area contributed by atoms with Crippen LogP contribution in [0.15, 0.2) is 59.7 Å². The van der Waals surface area contributed by atoms with Crippen LogP contribution in [0.3, 0.4) is 0 Å². The van der Waals surface area contributed by atoms with Crippen LogP contribution in [-0.2, 0) is 0 Å². The second-order valence-electron chi connectivity index (χ2n) is 4.75. The average Bonchev–Trinajstić information content (AvgIpc) is 2.48. The molecular formula is C16H15N3O. The molecule has 1 atom stereocenters. The predicted octanol–water partition coefficient (Wildman–Crippen LogP) is 3.10.